The number of ether oxygens (including phenoxy) is 1. The van der Waals surface area contributed by atoms with Crippen molar-refractivity contribution in [1.82, 2.24) is 5.32 Å². The summed E-state index contributed by atoms with van der Waals surface area (Å²) in [4.78, 5) is 0. The Balaban J connectivity index is 2.18. The molecule has 1 unspecified atom stereocenters. The molecule has 0 spiro atoms. The first-order valence-corrected chi connectivity index (χ1v) is 6.23. The molecular weight excluding hydrogens is 259 g/mol. The van der Waals surface area contributed by atoms with E-state index in [0.717, 1.165) is 25.9 Å². The number of nitrogens with zero attached hydrogens (tertiary/aromatic N) is 1. The third-order valence-electron chi connectivity index (χ3n) is 2.66. The second-order valence-corrected chi connectivity index (χ2v) is 4.78. The quantitative estimate of drug-likeness (QED) is 0.899. The molecule has 3 nitrogen and oxygen atoms in total. The number of rotatable bonds is 2. The second-order valence-electron chi connectivity index (χ2n) is 3.97. The molecule has 1 heterocycles. The summed E-state index contributed by atoms with van der Waals surface area (Å²) in [6.45, 7) is 1.82. The normalized spacial score (nSPS) is 19.7. The predicted molar refractivity (Wildman–Crippen MR) is 67.7 cm³/mol. The van der Waals surface area contributed by atoms with Crippen LogP contribution in [0.5, 0.6) is 5.75 Å². The summed E-state index contributed by atoms with van der Waals surface area (Å²) in [7, 11) is 0. The van der Waals surface area contributed by atoms with Gasteiger partial charge in [-0.05, 0) is 31.5 Å². The summed E-state index contributed by atoms with van der Waals surface area (Å²) < 4.78 is 5.78. The second kappa shape index (κ2) is 5.59. The third kappa shape index (κ3) is 3.04. The van der Waals surface area contributed by atoms with Crippen molar-refractivity contribution in [3.8, 4) is 11.8 Å². The fraction of sp³-hybridized carbons (Fsp3) is 0.417. The standard InChI is InChI=1S/C12H12Cl2N2O/c13-10-4-8(6-15)5-11(14)12(10)17-9-2-1-3-16-7-9/h4-5,9,16H,1-3,7H2. The minimum atomic E-state index is 0.0895. The Morgan fingerprint density at radius 1 is 1.35 bits per heavy atom. The lowest BCUT2D eigenvalue weighted by Crippen LogP contribution is -2.37. The van der Waals surface area contributed by atoms with E-state index >= 15 is 0 Å². The molecule has 5 heteroatoms. The van der Waals surface area contributed by atoms with E-state index in [1.807, 2.05) is 6.07 Å². The van der Waals surface area contributed by atoms with E-state index in [-0.39, 0.29) is 6.10 Å². The minimum Gasteiger partial charge on any atom is -0.486 e. The van der Waals surface area contributed by atoms with Crippen molar-refractivity contribution < 1.29 is 4.74 Å². The van der Waals surface area contributed by atoms with E-state index in [1.54, 1.807) is 12.1 Å². The highest BCUT2D eigenvalue weighted by molar-refractivity contribution is 6.37. The van der Waals surface area contributed by atoms with Crippen molar-refractivity contribution in [1.29, 1.82) is 5.26 Å². The van der Waals surface area contributed by atoms with E-state index in [1.165, 1.54) is 0 Å². The maximum absolute atomic E-state index is 8.78. The minimum absolute atomic E-state index is 0.0895. The summed E-state index contributed by atoms with van der Waals surface area (Å²) in [6, 6.07) is 5.14. The summed E-state index contributed by atoms with van der Waals surface area (Å²) in [5, 5.41) is 12.8. The van der Waals surface area contributed by atoms with E-state index in [0.29, 0.717) is 21.4 Å². The zero-order valence-corrected chi connectivity index (χ0v) is 10.7. The van der Waals surface area contributed by atoms with Crippen molar-refractivity contribution in [2.45, 2.75) is 18.9 Å². The lowest BCUT2D eigenvalue weighted by Gasteiger charge is -2.24. The number of benzene rings is 1. The molecule has 0 bridgehead atoms. The molecule has 0 saturated carbocycles. The highest BCUT2D eigenvalue weighted by Gasteiger charge is 2.18. The van der Waals surface area contributed by atoms with Gasteiger partial charge in [0.15, 0.2) is 5.75 Å². The summed E-state index contributed by atoms with van der Waals surface area (Å²) in [5.74, 6) is 0.473. The first-order chi connectivity index (χ1) is 8.20. The van der Waals surface area contributed by atoms with Gasteiger partial charge in [-0.3, -0.25) is 0 Å². The highest BCUT2D eigenvalue weighted by Crippen LogP contribution is 2.35. The van der Waals surface area contributed by atoms with Crippen LogP contribution < -0.4 is 10.1 Å². The van der Waals surface area contributed by atoms with E-state index in [4.69, 9.17) is 33.2 Å². The molecule has 0 aromatic heterocycles. The molecule has 0 amide bonds. The molecule has 1 aromatic carbocycles. The van der Waals surface area contributed by atoms with Crippen LogP contribution >= 0.6 is 23.2 Å². The Labute approximate surface area is 110 Å². The number of nitrogens with one attached hydrogen (secondary N) is 1. The van der Waals surface area contributed by atoms with Gasteiger partial charge in [0.1, 0.15) is 6.10 Å². The zero-order valence-electron chi connectivity index (χ0n) is 9.17. The fourth-order valence-electron chi connectivity index (χ4n) is 1.82. The predicted octanol–water partition coefficient (Wildman–Crippen LogP) is 3.00. The molecule has 0 aliphatic carbocycles. The van der Waals surface area contributed by atoms with E-state index in [9.17, 15) is 0 Å². The van der Waals surface area contributed by atoms with Crippen LogP contribution in [0.1, 0.15) is 18.4 Å². The van der Waals surface area contributed by atoms with Crippen LogP contribution in [0.4, 0.5) is 0 Å². The molecule has 17 heavy (non-hydrogen) atoms. The number of piperidine rings is 1. The summed E-state index contributed by atoms with van der Waals surface area (Å²) in [6.07, 6.45) is 2.15. The Morgan fingerprint density at radius 3 is 2.59 bits per heavy atom. The van der Waals surface area contributed by atoms with E-state index < -0.39 is 0 Å². The molecule has 1 aliphatic rings. The van der Waals surface area contributed by atoms with Gasteiger partial charge in [-0.1, -0.05) is 23.2 Å². The average Bonchev–Trinajstić information content (AvgIpc) is 2.35. The van der Waals surface area contributed by atoms with Crippen LogP contribution in [0.25, 0.3) is 0 Å². The lowest BCUT2D eigenvalue weighted by molar-refractivity contribution is 0.167. The Morgan fingerprint density at radius 2 is 2.06 bits per heavy atom. The van der Waals surface area contributed by atoms with Gasteiger partial charge in [0, 0.05) is 6.54 Å². The molecule has 1 aliphatic heterocycles. The van der Waals surface area contributed by atoms with Crippen molar-refractivity contribution in [3.63, 3.8) is 0 Å². The maximum Gasteiger partial charge on any atom is 0.157 e. The van der Waals surface area contributed by atoms with Crippen LogP contribution in [-0.2, 0) is 0 Å². The van der Waals surface area contributed by atoms with Gasteiger partial charge in [-0.15, -0.1) is 0 Å². The molecule has 1 N–H and O–H groups in total. The van der Waals surface area contributed by atoms with Crippen LogP contribution in [0.2, 0.25) is 10.0 Å². The summed E-state index contributed by atoms with van der Waals surface area (Å²) in [5.41, 5.74) is 0.439. The molecule has 1 saturated heterocycles. The van der Waals surface area contributed by atoms with Gasteiger partial charge in [0.25, 0.3) is 0 Å². The largest absolute Gasteiger partial charge is 0.486 e. The zero-order chi connectivity index (χ0) is 12.3. The topological polar surface area (TPSA) is 45.0 Å². The maximum atomic E-state index is 8.78. The Bertz CT molecular complexity index is 427. The molecule has 1 atom stereocenters. The van der Waals surface area contributed by atoms with Crippen molar-refractivity contribution in [2.24, 2.45) is 0 Å². The molecule has 1 aromatic rings. The number of halogens is 2. The average molecular weight is 271 g/mol. The van der Waals surface area contributed by atoms with Gasteiger partial charge < -0.3 is 10.1 Å². The van der Waals surface area contributed by atoms with Gasteiger partial charge in [-0.25, -0.2) is 0 Å². The first kappa shape index (κ1) is 12.5. The third-order valence-corrected chi connectivity index (χ3v) is 3.23. The molecule has 2 rings (SSSR count). The van der Waals surface area contributed by atoms with Gasteiger partial charge in [0.2, 0.25) is 0 Å². The smallest absolute Gasteiger partial charge is 0.157 e. The van der Waals surface area contributed by atoms with Crippen LogP contribution in [0, 0.1) is 11.3 Å². The molecule has 1 fully saturated rings. The van der Waals surface area contributed by atoms with E-state index in [2.05, 4.69) is 5.32 Å². The number of hydrogen-bond acceptors (Lipinski definition) is 3. The number of nitriles is 1. The van der Waals surface area contributed by atoms with Crippen molar-refractivity contribution in [3.05, 3.63) is 27.7 Å². The Hall–Kier alpha value is -0.950. The van der Waals surface area contributed by atoms with Gasteiger partial charge in [0.05, 0.1) is 21.7 Å². The molecule has 0 radical (unpaired) electrons. The molecular formula is C12H12Cl2N2O. The number of hydrogen-bond donors (Lipinski definition) is 1. The van der Waals surface area contributed by atoms with Crippen LogP contribution in [-0.4, -0.2) is 19.2 Å². The monoisotopic (exact) mass is 270 g/mol. The van der Waals surface area contributed by atoms with Crippen LogP contribution in [0.15, 0.2) is 12.1 Å². The SMILES string of the molecule is N#Cc1cc(Cl)c(OC2CCCNC2)c(Cl)c1. The fourth-order valence-corrected chi connectivity index (χ4v) is 2.40. The Kier molecular flexibility index (Phi) is 4.11. The van der Waals surface area contributed by atoms with Crippen molar-refractivity contribution >= 4 is 23.2 Å². The highest BCUT2D eigenvalue weighted by atomic mass is 35.5. The van der Waals surface area contributed by atoms with Gasteiger partial charge >= 0.3 is 0 Å². The van der Waals surface area contributed by atoms with Gasteiger partial charge in [-0.2, -0.15) is 5.26 Å². The lowest BCUT2D eigenvalue weighted by atomic mass is 10.1. The first-order valence-electron chi connectivity index (χ1n) is 5.47. The molecule has 90 valence electrons. The summed E-state index contributed by atoms with van der Waals surface area (Å²) >= 11 is 12.1. The van der Waals surface area contributed by atoms with Crippen molar-refractivity contribution in [2.75, 3.05) is 13.1 Å². The van der Waals surface area contributed by atoms with Crippen LogP contribution in [0.3, 0.4) is 0 Å².